The lowest BCUT2D eigenvalue weighted by Gasteiger charge is -2.31. The number of anilines is 1. The summed E-state index contributed by atoms with van der Waals surface area (Å²) in [6, 6.07) is 11.1. The molecular formula is C24H23ClF3N3O. The van der Waals surface area contributed by atoms with Crippen molar-refractivity contribution in [3.63, 3.8) is 0 Å². The van der Waals surface area contributed by atoms with Crippen LogP contribution in [0.3, 0.4) is 0 Å². The van der Waals surface area contributed by atoms with Gasteiger partial charge in [-0.3, -0.25) is 4.79 Å². The van der Waals surface area contributed by atoms with Crippen molar-refractivity contribution in [2.75, 3.05) is 5.73 Å². The number of nitrogens with one attached hydrogen (secondary N) is 1. The van der Waals surface area contributed by atoms with Gasteiger partial charge in [0.1, 0.15) is 5.69 Å². The quantitative estimate of drug-likeness (QED) is 0.484. The number of hydrogen-bond donors (Lipinski definition) is 2. The van der Waals surface area contributed by atoms with Crippen molar-refractivity contribution in [1.29, 1.82) is 0 Å². The minimum atomic E-state index is -4.55. The van der Waals surface area contributed by atoms with Crippen molar-refractivity contribution in [1.82, 2.24) is 10.3 Å². The molecule has 3 aromatic rings. The molecule has 3 N–H and O–H groups in total. The standard InChI is InChI=1S/C24H23ClF3N3O/c1-13-5-10-19-22(18(29)12-20(31-19)24(26,27)28)21(13)14-6-8-17(9-7-14)30-23(32)15-3-2-4-16(25)11-15/h2-5,10-12,14,17H,6-9H2,1H3,(H2,29,31)(H,30,32). The number of amides is 1. The Balaban J connectivity index is 1.54. The van der Waals surface area contributed by atoms with Crippen molar-refractivity contribution >= 4 is 34.1 Å². The van der Waals surface area contributed by atoms with E-state index in [9.17, 15) is 18.0 Å². The van der Waals surface area contributed by atoms with Crippen molar-refractivity contribution in [2.45, 2.75) is 50.7 Å². The minimum Gasteiger partial charge on any atom is -0.398 e. The molecule has 2 aromatic carbocycles. The molecule has 168 valence electrons. The second-order valence-corrected chi connectivity index (χ2v) is 8.75. The predicted molar refractivity (Wildman–Crippen MR) is 120 cm³/mol. The highest BCUT2D eigenvalue weighted by atomic mass is 35.5. The Bertz CT molecular complexity index is 1170. The van der Waals surface area contributed by atoms with E-state index >= 15 is 0 Å². The third-order valence-electron chi connectivity index (χ3n) is 6.11. The van der Waals surface area contributed by atoms with Crippen LogP contribution in [0.15, 0.2) is 42.5 Å². The van der Waals surface area contributed by atoms with Crippen LogP contribution in [0.25, 0.3) is 10.9 Å². The highest BCUT2D eigenvalue weighted by Gasteiger charge is 2.34. The normalized spacial score (nSPS) is 19.2. The molecule has 0 bridgehead atoms. The number of halogens is 4. The van der Waals surface area contributed by atoms with Gasteiger partial charge >= 0.3 is 6.18 Å². The van der Waals surface area contributed by atoms with E-state index in [4.69, 9.17) is 17.3 Å². The van der Waals surface area contributed by atoms with Crippen LogP contribution in [0.4, 0.5) is 18.9 Å². The molecule has 32 heavy (non-hydrogen) atoms. The van der Waals surface area contributed by atoms with Gasteiger partial charge in [-0.15, -0.1) is 0 Å². The lowest BCUT2D eigenvalue weighted by molar-refractivity contribution is -0.140. The summed E-state index contributed by atoms with van der Waals surface area (Å²) in [6.07, 6.45) is -1.43. The molecule has 4 rings (SSSR count). The summed E-state index contributed by atoms with van der Waals surface area (Å²) < 4.78 is 39.5. The van der Waals surface area contributed by atoms with Gasteiger partial charge in [0.25, 0.3) is 5.91 Å². The molecule has 0 saturated heterocycles. The van der Waals surface area contributed by atoms with Gasteiger partial charge in [-0.05, 0) is 80.0 Å². The monoisotopic (exact) mass is 461 g/mol. The van der Waals surface area contributed by atoms with Gasteiger partial charge in [-0.1, -0.05) is 23.7 Å². The number of alkyl halides is 3. The fourth-order valence-corrected chi connectivity index (χ4v) is 4.78. The Morgan fingerprint density at radius 3 is 2.50 bits per heavy atom. The highest BCUT2D eigenvalue weighted by molar-refractivity contribution is 6.30. The molecule has 4 nitrogen and oxygen atoms in total. The molecule has 1 heterocycles. The molecule has 1 amide bonds. The zero-order chi connectivity index (χ0) is 23.0. The van der Waals surface area contributed by atoms with E-state index in [0.29, 0.717) is 16.0 Å². The summed E-state index contributed by atoms with van der Waals surface area (Å²) in [5.74, 6) is -0.0238. The molecule has 0 radical (unpaired) electrons. The molecule has 1 aliphatic carbocycles. The summed E-state index contributed by atoms with van der Waals surface area (Å²) in [5, 5.41) is 4.17. The SMILES string of the molecule is Cc1ccc2nc(C(F)(F)F)cc(N)c2c1C1CCC(NC(=O)c2cccc(Cl)c2)CC1. The summed E-state index contributed by atoms with van der Waals surface area (Å²) in [4.78, 5) is 16.3. The average Bonchev–Trinajstić information content (AvgIpc) is 2.74. The molecule has 1 aromatic heterocycles. The third kappa shape index (κ3) is 4.53. The van der Waals surface area contributed by atoms with E-state index < -0.39 is 11.9 Å². The van der Waals surface area contributed by atoms with Gasteiger partial charge in [0.2, 0.25) is 0 Å². The largest absolute Gasteiger partial charge is 0.433 e. The van der Waals surface area contributed by atoms with Crippen molar-refractivity contribution in [3.8, 4) is 0 Å². The summed E-state index contributed by atoms with van der Waals surface area (Å²) in [5.41, 5.74) is 7.92. The summed E-state index contributed by atoms with van der Waals surface area (Å²) in [6.45, 7) is 1.94. The van der Waals surface area contributed by atoms with Crippen LogP contribution in [0.1, 0.15) is 58.8 Å². The number of nitrogens with zero attached hydrogens (tertiary/aromatic N) is 1. The Morgan fingerprint density at radius 2 is 1.84 bits per heavy atom. The molecule has 1 saturated carbocycles. The first kappa shape index (κ1) is 22.4. The van der Waals surface area contributed by atoms with Crippen molar-refractivity contribution < 1.29 is 18.0 Å². The Morgan fingerprint density at radius 1 is 1.12 bits per heavy atom. The smallest absolute Gasteiger partial charge is 0.398 e. The van der Waals surface area contributed by atoms with Gasteiger partial charge in [0.15, 0.2) is 0 Å². The Labute approximate surface area is 189 Å². The molecule has 0 atom stereocenters. The van der Waals surface area contributed by atoms with E-state index in [1.807, 2.05) is 6.92 Å². The lowest BCUT2D eigenvalue weighted by atomic mass is 9.78. The van der Waals surface area contributed by atoms with E-state index in [-0.39, 0.29) is 29.1 Å². The zero-order valence-corrected chi connectivity index (χ0v) is 18.2. The highest BCUT2D eigenvalue weighted by Crippen LogP contribution is 2.41. The Kier molecular flexibility index (Phi) is 6.03. The van der Waals surface area contributed by atoms with Crippen molar-refractivity contribution in [3.05, 3.63) is 69.9 Å². The second-order valence-electron chi connectivity index (χ2n) is 8.32. The van der Waals surface area contributed by atoms with Gasteiger partial charge < -0.3 is 11.1 Å². The fraction of sp³-hybridized carbons (Fsp3) is 0.333. The van der Waals surface area contributed by atoms with Crippen LogP contribution in [0, 0.1) is 6.92 Å². The van der Waals surface area contributed by atoms with Gasteiger partial charge in [-0.2, -0.15) is 13.2 Å². The number of carbonyl (C=O) groups is 1. The number of aryl methyl sites for hydroxylation is 1. The van der Waals surface area contributed by atoms with E-state index in [1.54, 1.807) is 36.4 Å². The third-order valence-corrected chi connectivity index (χ3v) is 6.35. The second kappa shape index (κ2) is 8.62. The Hall–Kier alpha value is -2.80. The first-order valence-corrected chi connectivity index (χ1v) is 10.8. The van der Waals surface area contributed by atoms with Gasteiger partial charge in [-0.25, -0.2) is 4.98 Å². The molecule has 0 aliphatic heterocycles. The number of carbonyl (C=O) groups excluding carboxylic acids is 1. The maximum absolute atomic E-state index is 13.2. The number of rotatable bonds is 3. The van der Waals surface area contributed by atoms with Gasteiger partial charge in [0, 0.05) is 27.7 Å². The van der Waals surface area contributed by atoms with E-state index in [1.165, 1.54) is 0 Å². The van der Waals surface area contributed by atoms with E-state index in [0.717, 1.165) is 42.9 Å². The number of hydrogen-bond acceptors (Lipinski definition) is 3. The number of fused-ring (bicyclic) bond motifs is 1. The first-order chi connectivity index (χ1) is 15.1. The molecular weight excluding hydrogens is 439 g/mol. The number of nitrogens with two attached hydrogens (primary N) is 1. The zero-order valence-electron chi connectivity index (χ0n) is 17.5. The topological polar surface area (TPSA) is 68.0 Å². The van der Waals surface area contributed by atoms with Crippen molar-refractivity contribution in [2.24, 2.45) is 0 Å². The molecule has 1 fully saturated rings. The van der Waals surface area contributed by atoms with Crippen LogP contribution < -0.4 is 11.1 Å². The van der Waals surface area contributed by atoms with Crippen LogP contribution >= 0.6 is 11.6 Å². The first-order valence-electron chi connectivity index (χ1n) is 10.5. The summed E-state index contributed by atoms with van der Waals surface area (Å²) in [7, 11) is 0. The maximum Gasteiger partial charge on any atom is 0.433 e. The number of nitrogen functional groups attached to an aromatic ring is 1. The minimum absolute atomic E-state index is 0.0281. The fourth-order valence-electron chi connectivity index (χ4n) is 4.59. The van der Waals surface area contributed by atoms with Crippen LogP contribution in [0.5, 0.6) is 0 Å². The van der Waals surface area contributed by atoms with Gasteiger partial charge in [0.05, 0.1) is 5.52 Å². The van der Waals surface area contributed by atoms with Crippen LogP contribution in [0.2, 0.25) is 5.02 Å². The number of pyridine rings is 1. The van der Waals surface area contributed by atoms with Crippen LogP contribution in [-0.2, 0) is 6.18 Å². The number of aromatic nitrogens is 1. The number of benzene rings is 2. The lowest BCUT2D eigenvalue weighted by Crippen LogP contribution is -2.37. The molecule has 0 unspecified atom stereocenters. The summed E-state index contributed by atoms with van der Waals surface area (Å²) >= 11 is 5.97. The molecule has 0 spiro atoms. The predicted octanol–water partition coefficient (Wildman–Crippen LogP) is 6.25. The van der Waals surface area contributed by atoms with E-state index in [2.05, 4.69) is 10.3 Å². The molecule has 1 aliphatic rings. The average molecular weight is 462 g/mol. The maximum atomic E-state index is 13.2. The molecule has 8 heteroatoms. The van der Waals surface area contributed by atoms with Crippen LogP contribution in [-0.4, -0.2) is 16.9 Å².